The van der Waals surface area contributed by atoms with Gasteiger partial charge < -0.3 is 35.0 Å². The van der Waals surface area contributed by atoms with E-state index in [1.807, 2.05) is 0 Å². The third-order valence-electron chi connectivity index (χ3n) is 3.89. The minimum atomic E-state index is -1.72. The van der Waals surface area contributed by atoms with Crippen LogP contribution in [0.4, 0.5) is 5.69 Å². The van der Waals surface area contributed by atoms with Gasteiger partial charge in [-0.15, -0.1) is 0 Å². The lowest BCUT2D eigenvalue weighted by molar-refractivity contribution is -0.117. The maximum absolute atomic E-state index is 11.9. The Kier molecular flexibility index (Phi) is 6.64. The van der Waals surface area contributed by atoms with Crippen molar-refractivity contribution in [2.75, 3.05) is 11.9 Å². The monoisotopic (exact) mass is 363 g/mol. The third kappa shape index (κ3) is 4.36. The van der Waals surface area contributed by atoms with E-state index in [1.54, 1.807) is 37.3 Å². The summed E-state index contributed by atoms with van der Waals surface area (Å²) in [5.41, 5.74) is 0.536. The highest BCUT2D eigenvalue weighted by molar-refractivity contribution is 5.82. The molecule has 0 radical (unpaired) electrons. The minimum Gasteiger partial charge on any atom is -0.422 e. The molecule has 26 heavy (non-hydrogen) atoms. The summed E-state index contributed by atoms with van der Waals surface area (Å²) in [6.07, 6.45) is -1.25. The van der Waals surface area contributed by atoms with Crippen LogP contribution in [0.1, 0.15) is 12.5 Å². The fourth-order valence-electron chi connectivity index (χ4n) is 2.45. The number of aldehydes is 1. The molecule has 0 fully saturated rings. The van der Waals surface area contributed by atoms with E-state index in [0.717, 1.165) is 0 Å². The second-order valence-corrected chi connectivity index (χ2v) is 5.78. The van der Waals surface area contributed by atoms with Crippen LogP contribution in [0.15, 0.2) is 39.6 Å². The van der Waals surface area contributed by atoms with Gasteiger partial charge in [0.1, 0.15) is 36.2 Å². The third-order valence-corrected chi connectivity index (χ3v) is 3.89. The van der Waals surface area contributed by atoms with E-state index in [-0.39, 0.29) is 5.58 Å². The van der Waals surface area contributed by atoms with Crippen LogP contribution in [0.2, 0.25) is 0 Å². The zero-order valence-electron chi connectivity index (χ0n) is 14.1. The number of fused-ring (bicyclic) bond motifs is 1. The topological polar surface area (TPSA) is 140 Å². The summed E-state index contributed by atoms with van der Waals surface area (Å²) in [7, 11) is 0. The predicted octanol–water partition coefficient (Wildman–Crippen LogP) is -0.120. The molecule has 8 nitrogen and oxygen atoms in total. The van der Waals surface area contributed by atoms with Crippen LogP contribution >= 0.6 is 0 Å². The molecule has 1 heterocycles. The molecule has 2 aromatic rings. The van der Waals surface area contributed by atoms with Crippen molar-refractivity contribution in [2.45, 2.75) is 31.3 Å². The van der Waals surface area contributed by atoms with E-state index >= 15 is 0 Å². The maximum atomic E-state index is 11.9. The number of rotatable bonds is 8. The van der Waals surface area contributed by atoms with Crippen LogP contribution in [-0.2, 0) is 4.79 Å². The zero-order chi connectivity index (χ0) is 19.3. The van der Waals surface area contributed by atoms with E-state index in [1.165, 1.54) is 6.07 Å². The first-order valence-corrected chi connectivity index (χ1v) is 7.98. The number of anilines is 1. The standard InChI is InChI=1S/C18H21NO7/c1-2-3-11-6-10-4-5-12(7-15(10)26-18(11)25)19-13(8-20)16(23)17(24)14(22)9-21/h2-8,13-14,16-17,19,21-24H,9H2,1H3/t13-,14+,16+,17+/m1/s1. The molecule has 0 amide bonds. The Morgan fingerprint density at radius 2 is 1.92 bits per heavy atom. The molecule has 0 spiro atoms. The van der Waals surface area contributed by atoms with Crippen LogP contribution in [0.25, 0.3) is 17.0 Å². The highest BCUT2D eigenvalue weighted by Gasteiger charge is 2.31. The fourth-order valence-corrected chi connectivity index (χ4v) is 2.45. The predicted molar refractivity (Wildman–Crippen MR) is 95.8 cm³/mol. The molecule has 0 saturated carbocycles. The summed E-state index contributed by atoms with van der Waals surface area (Å²) < 4.78 is 5.24. The lowest BCUT2D eigenvalue weighted by Crippen LogP contribution is -2.49. The van der Waals surface area contributed by atoms with Crippen LogP contribution in [0, 0.1) is 0 Å². The molecule has 0 unspecified atom stereocenters. The Morgan fingerprint density at radius 1 is 1.19 bits per heavy atom. The largest absolute Gasteiger partial charge is 0.422 e. The number of hydrogen-bond acceptors (Lipinski definition) is 8. The second kappa shape index (κ2) is 8.72. The molecule has 1 aromatic heterocycles. The molecular weight excluding hydrogens is 342 g/mol. The van der Waals surface area contributed by atoms with Crippen molar-refractivity contribution >= 4 is 29.0 Å². The summed E-state index contributed by atoms with van der Waals surface area (Å²) in [6, 6.07) is 5.17. The SMILES string of the molecule is CC=Cc1cc2ccc(N[C@H](C=O)[C@H](O)[C@@H](O)[C@@H](O)CO)cc2oc1=O. The normalized spacial score (nSPS) is 16.3. The van der Waals surface area contributed by atoms with Crippen molar-refractivity contribution in [3.63, 3.8) is 0 Å². The van der Waals surface area contributed by atoms with Crippen molar-refractivity contribution in [3.05, 3.63) is 46.3 Å². The summed E-state index contributed by atoms with van der Waals surface area (Å²) in [5.74, 6) is 0. The van der Waals surface area contributed by atoms with E-state index in [4.69, 9.17) is 9.52 Å². The van der Waals surface area contributed by atoms with Crippen molar-refractivity contribution < 1.29 is 29.6 Å². The Hall–Kier alpha value is -2.52. The molecule has 0 aliphatic rings. The lowest BCUT2D eigenvalue weighted by atomic mass is 10.0. The average Bonchev–Trinajstić information content (AvgIpc) is 2.65. The first-order chi connectivity index (χ1) is 12.4. The van der Waals surface area contributed by atoms with Crippen LogP contribution in [-0.4, -0.2) is 57.7 Å². The number of carbonyl (C=O) groups is 1. The quantitative estimate of drug-likeness (QED) is 0.323. The van der Waals surface area contributed by atoms with Gasteiger partial charge in [-0.3, -0.25) is 0 Å². The van der Waals surface area contributed by atoms with E-state index in [9.17, 15) is 24.9 Å². The molecule has 8 heteroatoms. The van der Waals surface area contributed by atoms with Gasteiger partial charge in [0.15, 0.2) is 0 Å². The Balaban J connectivity index is 2.27. The summed E-state index contributed by atoms with van der Waals surface area (Å²) in [4.78, 5) is 23.1. The summed E-state index contributed by atoms with van der Waals surface area (Å²) in [6.45, 7) is 1.02. The van der Waals surface area contributed by atoms with Gasteiger partial charge in [-0.05, 0) is 25.1 Å². The molecule has 0 aliphatic carbocycles. The number of aliphatic hydroxyl groups is 4. The molecule has 0 saturated heterocycles. The first-order valence-electron chi connectivity index (χ1n) is 7.98. The molecule has 2 rings (SSSR count). The van der Waals surface area contributed by atoms with E-state index in [0.29, 0.717) is 22.9 Å². The smallest absolute Gasteiger partial charge is 0.343 e. The Labute approximate surface area is 149 Å². The Morgan fingerprint density at radius 3 is 2.54 bits per heavy atom. The molecule has 0 aliphatic heterocycles. The number of aliphatic hydroxyl groups excluding tert-OH is 4. The number of hydrogen-bond donors (Lipinski definition) is 5. The van der Waals surface area contributed by atoms with Gasteiger partial charge in [-0.2, -0.15) is 0 Å². The number of carbonyl (C=O) groups excluding carboxylic acids is 1. The van der Waals surface area contributed by atoms with E-state index < -0.39 is 36.6 Å². The second-order valence-electron chi connectivity index (χ2n) is 5.78. The van der Waals surface area contributed by atoms with Crippen molar-refractivity contribution in [3.8, 4) is 0 Å². The highest BCUT2D eigenvalue weighted by atomic mass is 16.4. The van der Waals surface area contributed by atoms with Crippen molar-refractivity contribution in [2.24, 2.45) is 0 Å². The van der Waals surface area contributed by atoms with Crippen LogP contribution in [0.5, 0.6) is 0 Å². The Bertz CT molecular complexity index is 845. The minimum absolute atomic E-state index is 0.281. The van der Waals surface area contributed by atoms with Gasteiger partial charge in [-0.25, -0.2) is 4.79 Å². The average molecular weight is 363 g/mol. The highest BCUT2D eigenvalue weighted by Crippen LogP contribution is 2.20. The molecule has 5 N–H and O–H groups in total. The summed E-state index contributed by atoms with van der Waals surface area (Å²) in [5, 5.41) is 41.3. The number of allylic oxidation sites excluding steroid dienone is 1. The van der Waals surface area contributed by atoms with Crippen molar-refractivity contribution in [1.82, 2.24) is 0 Å². The molecule has 0 bridgehead atoms. The van der Waals surface area contributed by atoms with E-state index in [2.05, 4.69) is 5.32 Å². The molecule has 1 aromatic carbocycles. The maximum Gasteiger partial charge on any atom is 0.343 e. The number of benzene rings is 1. The zero-order valence-corrected chi connectivity index (χ0v) is 14.1. The van der Waals surface area contributed by atoms with Crippen LogP contribution < -0.4 is 10.9 Å². The lowest BCUT2D eigenvalue weighted by Gasteiger charge is -2.26. The van der Waals surface area contributed by atoms with Crippen LogP contribution in [0.3, 0.4) is 0 Å². The van der Waals surface area contributed by atoms with Gasteiger partial charge in [-0.1, -0.05) is 12.2 Å². The molecular formula is C18H21NO7. The summed E-state index contributed by atoms with van der Waals surface area (Å²) >= 11 is 0. The van der Waals surface area contributed by atoms with Crippen molar-refractivity contribution in [1.29, 1.82) is 0 Å². The molecule has 4 atom stereocenters. The van der Waals surface area contributed by atoms with Gasteiger partial charge >= 0.3 is 5.63 Å². The first kappa shape index (κ1) is 19.8. The molecule has 140 valence electrons. The van der Waals surface area contributed by atoms with Gasteiger partial charge in [0.2, 0.25) is 0 Å². The van der Waals surface area contributed by atoms with Gasteiger partial charge in [0.05, 0.1) is 12.2 Å². The van der Waals surface area contributed by atoms with Gasteiger partial charge in [0, 0.05) is 17.1 Å². The van der Waals surface area contributed by atoms with Gasteiger partial charge in [0.25, 0.3) is 0 Å². The fraction of sp³-hybridized carbons (Fsp3) is 0.333. The number of nitrogens with one attached hydrogen (secondary N) is 1.